The number of halogens is 3. The molecule has 182 valence electrons. The molecule has 0 aliphatic heterocycles. The van der Waals surface area contributed by atoms with E-state index in [1.54, 1.807) is 0 Å². The summed E-state index contributed by atoms with van der Waals surface area (Å²) in [6.45, 7) is 4.69. The predicted octanol–water partition coefficient (Wildman–Crippen LogP) is 3.71. The van der Waals surface area contributed by atoms with Crippen LogP contribution in [0.15, 0.2) is 29.2 Å². The van der Waals surface area contributed by atoms with E-state index >= 15 is 0 Å². The van der Waals surface area contributed by atoms with Crippen molar-refractivity contribution in [1.82, 2.24) is 9.55 Å². The average molecular weight is 479 g/mol. The molecule has 1 atom stereocenters. The number of anilines is 1. The van der Waals surface area contributed by atoms with E-state index in [9.17, 15) is 33.0 Å². The van der Waals surface area contributed by atoms with Crippen molar-refractivity contribution in [3.63, 3.8) is 0 Å². The van der Waals surface area contributed by atoms with Gasteiger partial charge in [0.2, 0.25) is 11.3 Å². The Labute approximate surface area is 192 Å². The van der Waals surface area contributed by atoms with Crippen LogP contribution in [0.1, 0.15) is 42.7 Å². The minimum absolute atomic E-state index is 0.0442. The second-order valence-corrected chi connectivity index (χ2v) is 8.77. The Hall–Kier alpha value is -3.60. The molecule has 3 rings (SSSR count). The van der Waals surface area contributed by atoms with Crippen molar-refractivity contribution < 1.29 is 32.9 Å². The molecular formula is C23H24F3N3O5. The molecule has 0 aliphatic carbocycles. The van der Waals surface area contributed by atoms with Crippen LogP contribution in [0.2, 0.25) is 0 Å². The molecule has 0 unspecified atom stereocenters. The number of aromatic nitrogens is 2. The zero-order valence-corrected chi connectivity index (χ0v) is 18.9. The third kappa shape index (κ3) is 4.69. The number of carbonyl (C=O) groups is 1. The van der Waals surface area contributed by atoms with Crippen LogP contribution in [0.3, 0.4) is 0 Å². The molecule has 8 nitrogen and oxygen atoms in total. The molecule has 0 fully saturated rings. The van der Waals surface area contributed by atoms with Gasteiger partial charge in [-0.15, -0.1) is 0 Å². The van der Waals surface area contributed by atoms with E-state index in [1.807, 2.05) is 20.8 Å². The maximum atomic E-state index is 14.0. The SMILES string of the molecule is COc1nc2c(cc1NCc1c(F)cc(F)cc1F)c(=O)c(C(=O)O)cn2[C@H](CO)C(C)(C)C. The molecule has 0 amide bonds. The lowest BCUT2D eigenvalue weighted by Gasteiger charge is -2.32. The molecule has 0 spiro atoms. The summed E-state index contributed by atoms with van der Waals surface area (Å²) in [6.07, 6.45) is 1.13. The van der Waals surface area contributed by atoms with Gasteiger partial charge in [0, 0.05) is 30.4 Å². The normalized spacial score (nSPS) is 12.6. The van der Waals surface area contributed by atoms with E-state index in [0.29, 0.717) is 12.1 Å². The fourth-order valence-corrected chi connectivity index (χ4v) is 3.63. The van der Waals surface area contributed by atoms with Gasteiger partial charge in [-0.1, -0.05) is 20.8 Å². The van der Waals surface area contributed by atoms with Crippen molar-refractivity contribution in [2.45, 2.75) is 33.4 Å². The van der Waals surface area contributed by atoms with E-state index in [1.165, 1.54) is 17.7 Å². The average Bonchev–Trinajstić information content (AvgIpc) is 2.73. The molecule has 0 radical (unpaired) electrons. The highest BCUT2D eigenvalue weighted by atomic mass is 19.1. The number of hydrogen-bond donors (Lipinski definition) is 3. The first-order valence-corrected chi connectivity index (χ1v) is 10.2. The van der Waals surface area contributed by atoms with Gasteiger partial charge in [-0.3, -0.25) is 4.79 Å². The molecule has 0 aliphatic rings. The standard InChI is InChI=1S/C23H24F3N3O5/c1-23(2,3)18(10-30)29-9-14(22(32)33)19(31)12-7-17(21(34-4)28-20(12)29)27-8-13-15(25)5-11(24)6-16(13)26/h5-7,9,18,27,30H,8,10H2,1-4H3,(H,32,33)/t18-/m1/s1. The number of hydrogen-bond acceptors (Lipinski definition) is 6. The summed E-state index contributed by atoms with van der Waals surface area (Å²) < 4.78 is 48.0. The fraction of sp³-hybridized carbons (Fsp3) is 0.348. The van der Waals surface area contributed by atoms with Crippen LogP contribution >= 0.6 is 0 Å². The number of aliphatic hydroxyl groups is 1. The maximum absolute atomic E-state index is 14.0. The predicted molar refractivity (Wildman–Crippen MR) is 119 cm³/mol. The van der Waals surface area contributed by atoms with Crippen LogP contribution in [0, 0.1) is 22.9 Å². The summed E-state index contributed by atoms with van der Waals surface area (Å²) >= 11 is 0. The third-order valence-electron chi connectivity index (χ3n) is 5.46. The van der Waals surface area contributed by atoms with Crippen LogP contribution in [-0.2, 0) is 6.54 Å². The van der Waals surface area contributed by atoms with E-state index in [0.717, 1.165) is 6.20 Å². The minimum Gasteiger partial charge on any atom is -0.479 e. The van der Waals surface area contributed by atoms with Crippen molar-refractivity contribution in [1.29, 1.82) is 0 Å². The zero-order chi connectivity index (χ0) is 25.4. The highest BCUT2D eigenvalue weighted by molar-refractivity contribution is 5.93. The van der Waals surface area contributed by atoms with Gasteiger partial charge in [-0.05, 0) is 11.5 Å². The summed E-state index contributed by atoms with van der Waals surface area (Å²) in [6, 6.07) is 1.69. The lowest BCUT2D eigenvalue weighted by Crippen LogP contribution is -2.31. The number of benzene rings is 1. The van der Waals surface area contributed by atoms with Crippen LogP contribution < -0.4 is 15.5 Å². The van der Waals surface area contributed by atoms with Gasteiger partial charge < -0.3 is 24.8 Å². The van der Waals surface area contributed by atoms with Gasteiger partial charge in [-0.25, -0.2) is 18.0 Å². The number of fused-ring (bicyclic) bond motifs is 1. The number of nitrogens with zero attached hydrogens (tertiary/aromatic N) is 2. The van der Waals surface area contributed by atoms with Gasteiger partial charge >= 0.3 is 5.97 Å². The van der Waals surface area contributed by atoms with Crippen molar-refractivity contribution in [3.05, 3.63) is 63.2 Å². The maximum Gasteiger partial charge on any atom is 0.341 e. The van der Waals surface area contributed by atoms with Crippen molar-refractivity contribution in [2.75, 3.05) is 19.0 Å². The number of pyridine rings is 2. The lowest BCUT2D eigenvalue weighted by atomic mass is 9.86. The van der Waals surface area contributed by atoms with Gasteiger partial charge in [-0.2, -0.15) is 4.98 Å². The number of methoxy groups -OCH3 is 1. The van der Waals surface area contributed by atoms with Gasteiger partial charge in [0.05, 0.1) is 30.8 Å². The van der Waals surface area contributed by atoms with Crippen LogP contribution in [-0.4, -0.2) is 39.5 Å². The Morgan fingerprint density at radius 2 is 1.82 bits per heavy atom. The van der Waals surface area contributed by atoms with Crippen LogP contribution in [0.5, 0.6) is 5.88 Å². The summed E-state index contributed by atoms with van der Waals surface area (Å²) in [5.74, 6) is -4.79. The number of ether oxygens (including phenoxy) is 1. The first kappa shape index (κ1) is 25.0. The molecule has 34 heavy (non-hydrogen) atoms. The molecule has 1 aromatic carbocycles. The Kier molecular flexibility index (Phi) is 6.87. The second kappa shape index (κ2) is 9.34. The van der Waals surface area contributed by atoms with Gasteiger partial charge in [0.1, 0.15) is 28.7 Å². The number of carboxylic acid groups (broad SMARTS) is 1. The summed E-state index contributed by atoms with van der Waals surface area (Å²) in [5, 5.41) is 22.2. The van der Waals surface area contributed by atoms with Crippen molar-refractivity contribution in [2.24, 2.45) is 5.41 Å². The highest BCUT2D eigenvalue weighted by Gasteiger charge is 2.29. The zero-order valence-electron chi connectivity index (χ0n) is 18.9. The molecule has 2 heterocycles. The molecule has 11 heteroatoms. The van der Waals surface area contributed by atoms with E-state index < -0.39 is 58.0 Å². The van der Waals surface area contributed by atoms with Gasteiger partial charge in [0.25, 0.3) is 0 Å². The Balaban J connectivity index is 2.22. The minimum atomic E-state index is -1.47. The molecule has 3 N–H and O–H groups in total. The Morgan fingerprint density at radius 3 is 2.32 bits per heavy atom. The Morgan fingerprint density at radius 1 is 1.21 bits per heavy atom. The largest absolute Gasteiger partial charge is 0.479 e. The number of aliphatic hydroxyl groups excluding tert-OH is 1. The quantitative estimate of drug-likeness (QED) is 0.473. The molecule has 2 aromatic heterocycles. The Bertz CT molecular complexity index is 1290. The van der Waals surface area contributed by atoms with Crippen LogP contribution in [0.25, 0.3) is 11.0 Å². The van der Waals surface area contributed by atoms with Crippen molar-refractivity contribution in [3.8, 4) is 5.88 Å². The molecular weight excluding hydrogens is 455 g/mol. The van der Waals surface area contributed by atoms with E-state index in [2.05, 4.69) is 10.3 Å². The molecule has 3 aromatic rings. The summed E-state index contributed by atoms with van der Waals surface area (Å²) in [5.41, 5.74) is -2.25. The topological polar surface area (TPSA) is 114 Å². The second-order valence-electron chi connectivity index (χ2n) is 8.77. The number of aromatic carboxylic acids is 1. The van der Waals surface area contributed by atoms with Crippen molar-refractivity contribution >= 4 is 22.7 Å². The van der Waals surface area contributed by atoms with E-state index in [-0.39, 0.29) is 29.2 Å². The fourth-order valence-electron chi connectivity index (χ4n) is 3.63. The number of nitrogens with one attached hydrogen (secondary N) is 1. The first-order chi connectivity index (χ1) is 15.9. The van der Waals surface area contributed by atoms with Crippen LogP contribution in [0.4, 0.5) is 18.9 Å². The third-order valence-corrected chi connectivity index (χ3v) is 5.46. The monoisotopic (exact) mass is 479 g/mol. The van der Waals surface area contributed by atoms with Gasteiger partial charge in [0.15, 0.2) is 0 Å². The van der Waals surface area contributed by atoms with E-state index in [4.69, 9.17) is 4.74 Å². The smallest absolute Gasteiger partial charge is 0.341 e. The number of carboxylic acids is 1. The highest BCUT2D eigenvalue weighted by Crippen LogP contribution is 2.34. The summed E-state index contributed by atoms with van der Waals surface area (Å²) in [7, 11) is 1.29. The first-order valence-electron chi connectivity index (χ1n) is 10.2. The number of rotatable bonds is 7. The molecule has 0 bridgehead atoms. The lowest BCUT2D eigenvalue weighted by molar-refractivity contribution is 0.0692. The molecule has 0 saturated heterocycles. The molecule has 0 saturated carbocycles. The summed E-state index contributed by atoms with van der Waals surface area (Å²) in [4.78, 5) is 29.0.